The van der Waals surface area contributed by atoms with Crippen molar-refractivity contribution in [2.45, 2.75) is 38.8 Å². The van der Waals surface area contributed by atoms with Crippen LogP contribution in [0, 0.1) is 0 Å². The van der Waals surface area contributed by atoms with Gasteiger partial charge in [0.15, 0.2) is 0 Å². The number of carbonyl (C=O) groups excluding carboxylic acids is 1. The Labute approximate surface area is 139 Å². The lowest BCUT2D eigenvalue weighted by atomic mass is 10.1. The van der Waals surface area contributed by atoms with Crippen molar-refractivity contribution in [2.24, 2.45) is 5.73 Å². The van der Waals surface area contributed by atoms with E-state index in [0.29, 0.717) is 0 Å². The molecule has 5 heteroatoms. The minimum Gasteiger partial charge on any atom is -0.369 e. The minimum atomic E-state index is -0.377. The Morgan fingerprint density at radius 3 is 2.48 bits per heavy atom. The van der Waals surface area contributed by atoms with Gasteiger partial charge in [0, 0.05) is 44.5 Å². The fraction of sp³-hybridized carbons (Fsp3) is 0.611. The summed E-state index contributed by atoms with van der Waals surface area (Å²) in [7, 11) is 0. The predicted octanol–water partition coefficient (Wildman–Crippen LogP) is 1.44. The van der Waals surface area contributed by atoms with Crippen LogP contribution in [0.3, 0.4) is 0 Å². The molecule has 23 heavy (non-hydrogen) atoms. The van der Waals surface area contributed by atoms with Crippen molar-refractivity contribution >= 4 is 11.6 Å². The summed E-state index contributed by atoms with van der Waals surface area (Å²) in [4.78, 5) is 16.8. The Bertz CT molecular complexity index is 471. The quantitative estimate of drug-likeness (QED) is 0.799. The first-order valence-electron chi connectivity index (χ1n) is 8.68. The molecule has 0 aromatic heterocycles. The summed E-state index contributed by atoms with van der Waals surface area (Å²) < 4.78 is 0. The van der Waals surface area contributed by atoms with Crippen LogP contribution >= 0.6 is 0 Å². The molecule has 0 spiro atoms. The molecular weight excluding hydrogens is 288 g/mol. The lowest BCUT2D eigenvalue weighted by Crippen LogP contribution is -2.52. The highest BCUT2D eigenvalue weighted by Gasteiger charge is 2.20. The van der Waals surface area contributed by atoms with Crippen molar-refractivity contribution in [1.29, 1.82) is 0 Å². The summed E-state index contributed by atoms with van der Waals surface area (Å²) >= 11 is 0. The van der Waals surface area contributed by atoms with Gasteiger partial charge in [-0.25, -0.2) is 0 Å². The number of para-hydroxylation sites is 1. The summed E-state index contributed by atoms with van der Waals surface area (Å²) in [5.74, 6) is -0.0257. The maximum atomic E-state index is 12.0. The molecule has 1 aliphatic rings. The molecule has 1 heterocycles. The van der Waals surface area contributed by atoms with Crippen LogP contribution in [0.15, 0.2) is 30.3 Å². The van der Waals surface area contributed by atoms with Crippen LogP contribution in [0.4, 0.5) is 5.69 Å². The number of hydrogen-bond donors (Lipinski definition) is 2. The van der Waals surface area contributed by atoms with Gasteiger partial charge in [-0.1, -0.05) is 31.5 Å². The van der Waals surface area contributed by atoms with Crippen molar-refractivity contribution in [1.82, 2.24) is 10.2 Å². The Hall–Kier alpha value is -1.59. The summed E-state index contributed by atoms with van der Waals surface area (Å²) in [6.45, 7) is 9.09. The first-order chi connectivity index (χ1) is 11.1. The smallest absolute Gasteiger partial charge is 0.237 e. The Kier molecular flexibility index (Phi) is 6.86. The largest absolute Gasteiger partial charge is 0.369 e. The highest BCUT2D eigenvalue weighted by Crippen LogP contribution is 2.15. The van der Waals surface area contributed by atoms with Crippen LogP contribution in [-0.4, -0.2) is 55.6 Å². The Balaban J connectivity index is 1.72. The Morgan fingerprint density at radius 1 is 1.22 bits per heavy atom. The zero-order valence-corrected chi connectivity index (χ0v) is 14.4. The second kappa shape index (κ2) is 8.89. The van der Waals surface area contributed by atoms with E-state index in [1.807, 2.05) is 13.0 Å². The number of amides is 1. The van der Waals surface area contributed by atoms with Gasteiger partial charge in [-0.3, -0.25) is 9.69 Å². The predicted molar refractivity (Wildman–Crippen MR) is 95.6 cm³/mol. The maximum Gasteiger partial charge on any atom is 0.237 e. The molecule has 128 valence electrons. The Morgan fingerprint density at radius 2 is 1.87 bits per heavy atom. The number of nitrogens with two attached hydrogens (primary N) is 1. The average Bonchev–Trinajstić information content (AvgIpc) is 2.56. The van der Waals surface area contributed by atoms with Crippen LogP contribution in [-0.2, 0) is 4.79 Å². The van der Waals surface area contributed by atoms with Gasteiger partial charge in [0.25, 0.3) is 0 Å². The van der Waals surface area contributed by atoms with E-state index in [1.165, 1.54) is 5.69 Å². The van der Waals surface area contributed by atoms with Gasteiger partial charge < -0.3 is 16.0 Å². The number of rotatable bonds is 7. The van der Waals surface area contributed by atoms with Gasteiger partial charge in [-0.05, 0) is 25.5 Å². The van der Waals surface area contributed by atoms with Gasteiger partial charge in [0.1, 0.15) is 0 Å². The SMILES string of the molecule is CCCC(N)C(=O)NC(C)CN1CCN(c2ccccc2)CC1. The molecule has 1 amide bonds. The van der Waals surface area contributed by atoms with Gasteiger partial charge >= 0.3 is 0 Å². The van der Waals surface area contributed by atoms with E-state index in [9.17, 15) is 4.79 Å². The number of nitrogens with zero attached hydrogens (tertiary/aromatic N) is 2. The summed E-state index contributed by atoms with van der Waals surface area (Å²) in [6.07, 6.45) is 1.68. The summed E-state index contributed by atoms with van der Waals surface area (Å²) in [5, 5.41) is 3.04. The van der Waals surface area contributed by atoms with E-state index in [0.717, 1.165) is 45.6 Å². The van der Waals surface area contributed by atoms with Crippen LogP contribution < -0.4 is 16.0 Å². The third-order valence-electron chi connectivity index (χ3n) is 4.35. The first kappa shape index (κ1) is 17.8. The molecule has 0 radical (unpaired) electrons. The molecule has 2 unspecified atom stereocenters. The second-order valence-corrected chi connectivity index (χ2v) is 6.43. The molecule has 2 rings (SSSR count). The molecule has 1 fully saturated rings. The van der Waals surface area contributed by atoms with Crippen molar-refractivity contribution in [2.75, 3.05) is 37.6 Å². The number of nitrogens with one attached hydrogen (secondary N) is 1. The second-order valence-electron chi connectivity index (χ2n) is 6.43. The average molecular weight is 318 g/mol. The van der Waals surface area contributed by atoms with E-state index in [4.69, 9.17) is 5.73 Å². The molecule has 1 saturated heterocycles. The minimum absolute atomic E-state index is 0.0257. The lowest BCUT2D eigenvalue weighted by molar-refractivity contribution is -0.123. The molecule has 2 atom stereocenters. The number of benzene rings is 1. The van der Waals surface area contributed by atoms with E-state index in [2.05, 4.69) is 46.3 Å². The highest BCUT2D eigenvalue weighted by molar-refractivity contribution is 5.81. The third-order valence-corrected chi connectivity index (χ3v) is 4.35. The van der Waals surface area contributed by atoms with Crippen molar-refractivity contribution < 1.29 is 4.79 Å². The third kappa shape index (κ3) is 5.52. The van der Waals surface area contributed by atoms with E-state index >= 15 is 0 Å². The number of anilines is 1. The monoisotopic (exact) mass is 318 g/mol. The van der Waals surface area contributed by atoms with E-state index in [-0.39, 0.29) is 18.0 Å². The van der Waals surface area contributed by atoms with E-state index < -0.39 is 0 Å². The molecule has 0 bridgehead atoms. The van der Waals surface area contributed by atoms with Crippen LogP contribution in [0.1, 0.15) is 26.7 Å². The first-order valence-corrected chi connectivity index (χ1v) is 8.68. The van der Waals surface area contributed by atoms with Crippen molar-refractivity contribution in [3.63, 3.8) is 0 Å². The number of carbonyl (C=O) groups is 1. The van der Waals surface area contributed by atoms with Gasteiger partial charge in [-0.15, -0.1) is 0 Å². The molecule has 1 aliphatic heterocycles. The van der Waals surface area contributed by atoms with Crippen LogP contribution in [0.2, 0.25) is 0 Å². The molecule has 0 aliphatic carbocycles. The summed E-state index contributed by atoms with van der Waals surface area (Å²) in [5.41, 5.74) is 7.15. The normalized spacial score (nSPS) is 18.5. The zero-order chi connectivity index (χ0) is 16.7. The van der Waals surface area contributed by atoms with Gasteiger partial charge in [0.05, 0.1) is 6.04 Å². The highest BCUT2D eigenvalue weighted by atomic mass is 16.2. The van der Waals surface area contributed by atoms with Gasteiger partial charge in [-0.2, -0.15) is 0 Å². The van der Waals surface area contributed by atoms with Gasteiger partial charge in [0.2, 0.25) is 5.91 Å². The fourth-order valence-corrected chi connectivity index (χ4v) is 3.05. The van der Waals surface area contributed by atoms with E-state index in [1.54, 1.807) is 0 Å². The topological polar surface area (TPSA) is 61.6 Å². The van der Waals surface area contributed by atoms with Crippen LogP contribution in [0.5, 0.6) is 0 Å². The van der Waals surface area contributed by atoms with Crippen LogP contribution in [0.25, 0.3) is 0 Å². The molecule has 5 nitrogen and oxygen atoms in total. The summed E-state index contributed by atoms with van der Waals surface area (Å²) in [6, 6.07) is 10.3. The number of hydrogen-bond acceptors (Lipinski definition) is 4. The molecule has 1 aromatic rings. The fourth-order valence-electron chi connectivity index (χ4n) is 3.05. The molecular formula is C18H30N4O. The molecule has 3 N–H and O–H groups in total. The zero-order valence-electron chi connectivity index (χ0n) is 14.4. The number of piperazine rings is 1. The maximum absolute atomic E-state index is 12.0. The molecule has 0 saturated carbocycles. The van der Waals surface area contributed by atoms with Crippen molar-refractivity contribution in [3.05, 3.63) is 30.3 Å². The molecule has 1 aromatic carbocycles. The lowest BCUT2D eigenvalue weighted by Gasteiger charge is -2.37. The standard InChI is InChI=1S/C18H30N4O/c1-3-7-17(19)18(23)20-15(2)14-21-10-12-22(13-11-21)16-8-5-4-6-9-16/h4-6,8-9,15,17H,3,7,10-14,19H2,1-2H3,(H,20,23). The van der Waals surface area contributed by atoms with Crippen molar-refractivity contribution in [3.8, 4) is 0 Å².